The zero-order valence-corrected chi connectivity index (χ0v) is 16.8. The van der Waals surface area contributed by atoms with Crippen molar-refractivity contribution in [1.82, 2.24) is 14.5 Å². The van der Waals surface area contributed by atoms with Crippen LogP contribution in [0.4, 0.5) is 11.5 Å². The van der Waals surface area contributed by atoms with E-state index >= 15 is 0 Å². The molecule has 3 rings (SSSR count). The van der Waals surface area contributed by atoms with Crippen molar-refractivity contribution in [1.29, 1.82) is 0 Å². The number of aromatic nitrogens is 3. The quantitative estimate of drug-likeness (QED) is 0.577. The van der Waals surface area contributed by atoms with E-state index in [-0.39, 0.29) is 16.8 Å². The van der Waals surface area contributed by atoms with Gasteiger partial charge in [-0.1, -0.05) is 0 Å². The molecule has 3 heterocycles. The number of aliphatic hydroxyl groups is 2. The first-order valence-electron chi connectivity index (χ1n) is 8.47. The molecule has 0 spiro atoms. The monoisotopic (exact) mass is 413 g/mol. The molecule has 0 aromatic carbocycles. The number of hydrogen-bond donors (Lipinski definition) is 3. The number of anilines is 2. The molecule has 0 bridgehead atoms. The summed E-state index contributed by atoms with van der Waals surface area (Å²) in [7, 11) is 1.59. The maximum atomic E-state index is 10.5. The van der Waals surface area contributed by atoms with Crippen LogP contribution in [-0.2, 0) is 28.9 Å². The van der Waals surface area contributed by atoms with E-state index in [0.29, 0.717) is 18.1 Å². The number of aryl methyl sites for hydroxylation is 1. The molecule has 0 saturated heterocycles. The molecule has 0 saturated carbocycles. The Balaban J connectivity index is 0.00000261. The molecule has 3 aromatic heterocycles. The zero-order valence-electron chi connectivity index (χ0n) is 15.8. The molecule has 3 aromatic rings. The van der Waals surface area contributed by atoms with Crippen LogP contribution in [0.2, 0.25) is 0 Å². The Hall–Kier alpha value is -1.97. The van der Waals surface area contributed by atoms with Crippen molar-refractivity contribution in [2.24, 2.45) is 0 Å². The second-order valence-corrected chi connectivity index (χ2v) is 6.83. The molecule has 0 amide bonds. The summed E-state index contributed by atoms with van der Waals surface area (Å²) >= 11 is 0. The fraction of sp³-hybridized carbons (Fsp3) is 0.368. The number of likely N-dealkylation sites (N-methyl/N-ethyl adjacent to an activating group) is 1. The molecule has 8 heteroatoms. The molecule has 27 heavy (non-hydrogen) atoms. The molecule has 3 N–H and O–H groups in total. The Morgan fingerprint density at radius 3 is 2.59 bits per heavy atom. The Bertz CT molecular complexity index is 920. The Morgan fingerprint density at radius 2 is 1.93 bits per heavy atom. The average molecular weight is 413 g/mol. The van der Waals surface area contributed by atoms with Crippen LogP contribution in [-0.4, -0.2) is 38.0 Å². The molecular formula is C19H24CoN5O2-. The molecule has 147 valence electrons. The number of nitrogens with one attached hydrogen (secondary N) is 1. The van der Waals surface area contributed by atoms with Gasteiger partial charge in [0, 0.05) is 47.3 Å². The maximum absolute atomic E-state index is 10.5. The van der Waals surface area contributed by atoms with Gasteiger partial charge in [-0.25, -0.2) is 4.98 Å². The predicted octanol–water partition coefficient (Wildman–Crippen LogP) is 3.03. The van der Waals surface area contributed by atoms with Crippen LogP contribution < -0.4 is 5.32 Å². The van der Waals surface area contributed by atoms with E-state index in [1.54, 1.807) is 33.3 Å². The van der Waals surface area contributed by atoms with Crippen LogP contribution in [0.5, 0.6) is 0 Å². The van der Waals surface area contributed by atoms with Gasteiger partial charge >= 0.3 is 0 Å². The van der Waals surface area contributed by atoms with E-state index in [1.807, 2.05) is 35.9 Å². The summed E-state index contributed by atoms with van der Waals surface area (Å²) < 4.78 is 1.94. The Morgan fingerprint density at radius 1 is 1.22 bits per heavy atom. The molecule has 1 unspecified atom stereocenters. The van der Waals surface area contributed by atoms with Crippen molar-refractivity contribution in [2.45, 2.75) is 39.1 Å². The second kappa shape index (κ2) is 8.36. The fourth-order valence-electron chi connectivity index (χ4n) is 2.94. The van der Waals surface area contributed by atoms with Crippen LogP contribution in [0.3, 0.4) is 0 Å². The number of fused-ring (bicyclic) bond motifs is 1. The van der Waals surface area contributed by atoms with Gasteiger partial charge < -0.3 is 25.4 Å². The third-order valence-electron chi connectivity index (χ3n) is 4.34. The summed E-state index contributed by atoms with van der Waals surface area (Å²) in [6.45, 7) is 5.76. The number of hydrogen-bond acceptors (Lipinski definition) is 5. The number of rotatable bonds is 6. The minimum Gasteiger partial charge on any atom is -0.638 e. The summed E-state index contributed by atoms with van der Waals surface area (Å²) in [6.07, 6.45) is 4.55. The minimum absolute atomic E-state index is 0. The van der Waals surface area contributed by atoms with Gasteiger partial charge in [0.25, 0.3) is 0 Å². The summed E-state index contributed by atoms with van der Waals surface area (Å²) in [5.41, 5.74) is 2.14. The molecular weight excluding hydrogens is 389 g/mol. The predicted molar refractivity (Wildman–Crippen MR) is 103 cm³/mol. The number of pyridine rings is 2. The zero-order chi connectivity index (χ0) is 18.9. The van der Waals surface area contributed by atoms with Crippen LogP contribution >= 0.6 is 0 Å². The van der Waals surface area contributed by atoms with Gasteiger partial charge in [-0.05, 0) is 50.8 Å². The second-order valence-electron chi connectivity index (χ2n) is 6.83. The standard InChI is InChI=1S/C19H24N5O2.Co/c1-12-5-8-21-17(19(2,3)26)16(12)23-18-13-7-10-24(11-15(25)20-4)14(13)6-9-22-18;/h5-10,15,25-26H,11H2,1-4H3,(H,22,23);/q-1;. The van der Waals surface area contributed by atoms with Crippen molar-refractivity contribution < 1.29 is 27.0 Å². The van der Waals surface area contributed by atoms with Crippen molar-refractivity contribution in [3.8, 4) is 0 Å². The van der Waals surface area contributed by atoms with Crippen LogP contribution in [0.25, 0.3) is 16.2 Å². The summed E-state index contributed by atoms with van der Waals surface area (Å²) in [5.74, 6) is 0.672. The smallest absolute Gasteiger partial charge is 0.139 e. The van der Waals surface area contributed by atoms with Crippen LogP contribution in [0.1, 0.15) is 25.1 Å². The van der Waals surface area contributed by atoms with Crippen molar-refractivity contribution in [2.75, 3.05) is 12.4 Å². The first-order valence-corrected chi connectivity index (χ1v) is 8.47. The first kappa shape index (κ1) is 21.3. The maximum Gasteiger partial charge on any atom is 0.139 e. The van der Waals surface area contributed by atoms with Gasteiger partial charge in [0.05, 0.1) is 16.9 Å². The molecule has 0 aliphatic carbocycles. The van der Waals surface area contributed by atoms with Gasteiger partial charge in [0.2, 0.25) is 0 Å². The average Bonchev–Trinajstić information content (AvgIpc) is 2.99. The molecule has 1 radical (unpaired) electrons. The third kappa shape index (κ3) is 4.48. The van der Waals surface area contributed by atoms with E-state index < -0.39 is 11.8 Å². The van der Waals surface area contributed by atoms with E-state index in [2.05, 4.69) is 20.6 Å². The van der Waals surface area contributed by atoms with Crippen molar-refractivity contribution >= 4 is 22.4 Å². The SMILES string of the molecule is C[N-]C(O)Cn1ccc2c(Nc3c(C)ccnc3C(C)(C)O)nccc21.[Co]. The van der Waals surface area contributed by atoms with E-state index in [4.69, 9.17) is 0 Å². The Kier molecular flexibility index (Phi) is 6.61. The largest absolute Gasteiger partial charge is 0.638 e. The van der Waals surface area contributed by atoms with Gasteiger partial charge in [-0.2, -0.15) is 7.05 Å². The van der Waals surface area contributed by atoms with E-state index in [0.717, 1.165) is 22.2 Å². The van der Waals surface area contributed by atoms with Crippen molar-refractivity contribution in [3.63, 3.8) is 0 Å². The van der Waals surface area contributed by atoms with Gasteiger partial charge in [0.15, 0.2) is 0 Å². The number of aliphatic hydroxyl groups excluding tert-OH is 1. The molecule has 0 aliphatic heterocycles. The normalized spacial score (nSPS) is 12.7. The summed E-state index contributed by atoms with van der Waals surface area (Å²) in [6, 6.07) is 5.74. The summed E-state index contributed by atoms with van der Waals surface area (Å²) in [5, 5.41) is 28.4. The van der Waals surface area contributed by atoms with Crippen LogP contribution in [0, 0.1) is 6.92 Å². The molecule has 0 fully saturated rings. The number of nitrogens with zero attached hydrogens (tertiary/aromatic N) is 4. The molecule has 0 aliphatic rings. The third-order valence-corrected chi connectivity index (χ3v) is 4.34. The van der Waals surface area contributed by atoms with Gasteiger partial charge in [0.1, 0.15) is 11.4 Å². The molecule has 1 atom stereocenters. The first-order chi connectivity index (χ1) is 12.3. The van der Waals surface area contributed by atoms with Crippen LogP contribution in [0.15, 0.2) is 36.8 Å². The fourth-order valence-corrected chi connectivity index (χ4v) is 2.94. The Labute approximate surface area is 169 Å². The minimum atomic E-state index is -1.08. The molecule has 7 nitrogen and oxygen atoms in total. The summed E-state index contributed by atoms with van der Waals surface area (Å²) in [4.78, 5) is 8.81. The topological polar surface area (TPSA) is 97.3 Å². The van der Waals surface area contributed by atoms with E-state index in [1.165, 1.54) is 0 Å². The van der Waals surface area contributed by atoms with E-state index in [9.17, 15) is 10.2 Å². The van der Waals surface area contributed by atoms with Gasteiger partial charge in [-0.15, -0.1) is 0 Å². The van der Waals surface area contributed by atoms with Crippen molar-refractivity contribution in [3.05, 3.63) is 53.4 Å². The van der Waals surface area contributed by atoms with Gasteiger partial charge in [-0.3, -0.25) is 4.98 Å².